The number of amidine groups is 1. The third-order valence-corrected chi connectivity index (χ3v) is 6.27. The Bertz CT molecular complexity index is 1130. The van der Waals surface area contributed by atoms with Crippen LogP contribution in [0.3, 0.4) is 0 Å². The quantitative estimate of drug-likeness (QED) is 0.741. The molecule has 0 bridgehead atoms. The van der Waals surface area contributed by atoms with Crippen LogP contribution in [0.2, 0.25) is 5.02 Å². The van der Waals surface area contributed by atoms with Gasteiger partial charge in [-0.25, -0.2) is 4.39 Å². The third kappa shape index (κ3) is 4.93. The van der Waals surface area contributed by atoms with E-state index in [1.54, 1.807) is 9.80 Å². The number of benzene rings is 2. The van der Waals surface area contributed by atoms with Crippen molar-refractivity contribution in [2.75, 3.05) is 26.2 Å². The Labute approximate surface area is 197 Å². The average molecular weight is 469 g/mol. The fraction of sp³-hybridized carbons (Fsp3) is 0.320. The van der Waals surface area contributed by atoms with Crippen molar-refractivity contribution in [3.05, 3.63) is 76.7 Å². The number of carbonyl (C=O) groups is 2. The van der Waals surface area contributed by atoms with Gasteiger partial charge in [-0.3, -0.25) is 14.6 Å². The monoisotopic (exact) mass is 468 g/mol. The van der Waals surface area contributed by atoms with Gasteiger partial charge in [0.15, 0.2) is 5.84 Å². The summed E-state index contributed by atoms with van der Waals surface area (Å²) in [6.45, 7) is 5.42. The van der Waals surface area contributed by atoms with Gasteiger partial charge in [0.1, 0.15) is 5.82 Å². The minimum Gasteiger partial charge on any atom is -0.342 e. The van der Waals surface area contributed by atoms with Gasteiger partial charge in [-0.1, -0.05) is 41.9 Å². The number of hydrogen-bond acceptors (Lipinski definition) is 4. The van der Waals surface area contributed by atoms with Crippen molar-refractivity contribution in [1.29, 1.82) is 0 Å². The maximum atomic E-state index is 13.5. The lowest BCUT2D eigenvalue weighted by atomic mass is 9.97. The first-order valence-corrected chi connectivity index (χ1v) is 11.3. The Morgan fingerprint density at radius 1 is 1.09 bits per heavy atom. The molecule has 2 aliphatic heterocycles. The molecule has 1 saturated heterocycles. The van der Waals surface area contributed by atoms with E-state index >= 15 is 0 Å². The minimum absolute atomic E-state index is 0.0886. The number of nitrogens with one attached hydrogen (secondary N) is 1. The second-order valence-corrected chi connectivity index (χ2v) is 9.19. The number of rotatable bonds is 3. The molecule has 1 N–H and O–H groups in total. The second kappa shape index (κ2) is 9.35. The molecular formula is C25H26ClFN4O2. The molecule has 1 fully saturated rings. The zero-order valence-electron chi connectivity index (χ0n) is 18.6. The molecule has 4 rings (SSSR count). The lowest BCUT2D eigenvalue weighted by Crippen LogP contribution is -2.63. The SMILES string of the molecule is CC1(C)CN(C(=O)c2ccc(F)c(Cl)c2)CCN1C(=O)C1=NCCC(c2ccccc2)=CN1. The molecule has 8 heteroatoms. The van der Waals surface area contributed by atoms with E-state index in [0.717, 1.165) is 17.6 Å². The maximum absolute atomic E-state index is 13.5. The largest absolute Gasteiger partial charge is 0.342 e. The first-order valence-electron chi connectivity index (χ1n) is 10.9. The molecule has 172 valence electrons. The van der Waals surface area contributed by atoms with Gasteiger partial charge in [0.2, 0.25) is 0 Å². The summed E-state index contributed by atoms with van der Waals surface area (Å²) in [6, 6.07) is 14.0. The van der Waals surface area contributed by atoms with Crippen LogP contribution in [0.1, 0.15) is 36.2 Å². The Hall–Kier alpha value is -3.19. The summed E-state index contributed by atoms with van der Waals surface area (Å²) < 4.78 is 13.5. The van der Waals surface area contributed by atoms with Crippen molar-refractivity contribution >= 4 is 34.8 Å². The molecule has 6 nitrogen and oxygen atoms in total. The van der Waals surface area contributed by atoms with Crippen molar-refractivity contribution < 1.29 is 14.0 Å². The molecule has 0 atom stereocenters. The van der Waals surface area contributed by atoms with Crippen LogP contribution < -0.4 is 5.32 Å². The van der Waals surface area contributed by atoms with Crippen LogP contribution in [-0.4, -0.2) is 59.2 Å². The molecule has 0 saturated carbocycles. The molecule has 0 aliphatic carbocycles. The summed E-state index contributed by atoms with van der Waals surface area (Å²) in [7, 11) is 0. The topological polar surface area (TPSA) is 65.0 Å². The lowest BCUT2D eigenvalue weighted by molar-refractivity contribution is -0.132. The number of aliphatic imine (C=N–C) groups is 1. The van der Waals surface area contributed by atoms with E-state index in [9.17, 15) is 14.0 Å². The van der Waals surface area contributed by atoms with Crippen LogP contribution in [0.15, 0.2) is 59.7 Å². The number of nitrogens with zero attached hydrogens (tertiary/aromatic N) is 3. The Morgan fingerprint density at radius 2 is 1.85 bits per heavy atom. The van der Waals surface area contributed by atoms with Gasteiger partial charge < -0.3 is 15.1 Å². The minimum atomic E-state index is -0.614. The van der Waals surface area contributed by atoms with Gasteiger partial charge in [0, 0.05) is 37.9 Å². The first-order chi connectivity index (χ1) is 15.8. The first kappa shape index (κ1) is 23.0. The summed E-state index contributed by atoms with van der Waals surface area (Å²) >= 11 is 5.84. The number of halogens is 2. The summed E-state index contributed by atoms with van der Waals surface area (Å²) in [5, 5.41) is 3.01. The Balaban J connectivity index is 1.45. The van der Waals surface area contributed by atoms with Gasteiger partial charge in [0.25, 0.3) is 11.8 Å². The Kier molecular flexibility index (Phi) is 6.51. The summed E-state index contributed by atoms with van der Waals surface area (Å²) in [6.07, 6.45) is 2.59. The van der Waals surface area contributed by atoms with Crippen molar-refractivity contribution in [3.8, 4) is 0 Å². The van der Waals surface area contributed by atoms with E-state index in [1.807, 2.05) is 50.4 Å². The van der Waals surface area contributed by atoms with Gasteiger partial charge in [0.05, 0.1) is 10.6 Å². The predicted molar refractivity (Wildman–Crippen MR) is 128 cm³/mol. The molecule has 2 amide bonds. The van der Waals surface area contributed by atoms with E-state index in [0.29, 0.717) is 37.6 Å². The van der Waals surface area contributed by atoms with Crippen LogP contribution in [0, 0.1) is 5.82 Å². The van der Waals surface area contributed by atoms with Crippen molar-refractivity contribution in [2.45, 2.75) is 25.8 Å². The maximum Gasteiger partial charge on any atom is 0.289 e. The summed E-state index contributed by atoms with van der Waals surface area (Å²) in [5.41, 5.74) is 1.90. The summed E-state index contributed by atoms with van der Waals surface area (Å²) in [4.78, 5) is 34.2. The molecular weight excluding hydrogens is 443 g/mol. The fourth-order valence-corrected chi connectivity index (χ4v) is 4.40. The number of amides is 2. The number of piperazine rings is 1. The molecule has 0 spiro atoms. The van der Waals surface area contributed by atoms with Gasteiger partial charge in [-0.2, -0.15) is 0 Å². The van der Waals surface area contributed by atoms with Crippen molar-refractivity contribution in [2.24, 2.45) is 4.99 Å². The highest BCUT2D eigenvalue weighted by Gasteiger charge is 2.40. The number of carbonyl (C=O) groups excluding carboxylic acids is 2. The van der Waals surface area contributed by atoms with Crippen LogP contribution >= 0.6 is 11.6 Å². The van der Waals surface area contributed by atoms with E-state index in [1.165, 1.54) is 18.2 Å². The van der Waals surface area contributed by atoms with Crippen molar-refractivity contribution in [3.63, 3.8) is 0 Å². The molecule has 0 unspecified atom stereocenters. The molecule has 0 radical (unpaired) electrons. The van der Waals surface area contributed by atoms with E-state index < -0.39 is 11.4 Å². The highest BCUT2D eigenvalue weighted by atomic mass is 35.5. The molecule has 2 aromatic carbocycles. The fourth-order valence-electron chi connectivity index (χ4n) is 4.21. The zero-order valence-corrected chi connectivity index (χ0v) is 19.4. The molecule has 2 aliphatic rings. The van der Waals surface area contributed by atoms with E-state index in [-0.39, 0.29) is 16.8 Å². The highest BCUT2D eigenvalue weighted by Crippen LogP contribution is 2.25. The number of hydrogen-bond donors (Lipinski definition) is 1. The van der Waals surface area contributed by atoms with Crippen molar-refractivity contribution in [1.82, 2.24) is 15.1 Å². The average Bonchev–Trinajstić information content (AvgIpc) is 3.06. The smallest absolute Gasteiger partial charge is 0.289 e. The Morgan fingerprint density at radius 3 is 2.55 bits per heavy atom. The third-order valence-electron chi connectivity index (χ3n) is 5.98. The molecule has 0 aromatic heterocycles. The van der Waals surface area contributed by atoms with Gasteiger partial charge >= 0.3 is 0 Å². The zero-order chi connectivity index (χ0) is 23.6. The molecule has 2 aromatic rings. The van der Waals surface area contributed by atoms with Crippen LogP contribution in [0.25, 0.3) is 5.57 Å². The standard InChI is InChI=1S/C25H26ClFN4O2/c1-25(2)16-30(23(32)18-8-9-21(27)20(26)14-18)12-13-31(25)24(33)22-28-11-10-19(15-29-22)17-6-4-3-5-7-17/h3-9,14-15H,10-13,16H2,1-2H3,(H,28,29). The normalized spacial score (nSPS) is 18.1. The predicted octanol–water partition coefficient (Wildman–Crippen LogP) is 3.98. The van der Waals surface area contributed by atoms with Crippen LogP contribution in [0.5, 0.6) is 0 Å². The summed E-state index contributed by atoms with van der Waals surface area (Å²) in [5.74, 6) is -0.691. The van der Waals surface area contributed by atoms with Gasteiger partial charge in [-0.15, -0.1) is 0 Å². The van der Waals surface area contributed by atoms with Crippen LogP contribution in [-0.2, 0) is 4.79 Å². The highest BCUT2D eigenvalue weighted by molar-refractivity contribution is 6.38. The van der Waals surface area contributed by atoms with E-state index in [4.69, 9.17) is 11.6 Å². The molecule has 2 heterocycles. The lowest BCUT2D eigenvalue weighted by Gasteiger charge is -2.47. The second-order valence-electron chi connectivity index (χ2n) is 8.79. The van der Waals surface area contributed by atoms with E-state index in [2.05, 4.69) is 10.3 Å². The molecule has 33 heavy (non-hydrogen) atoms. The van der Waals surface area contributed by atoms with Gasteiger partial charge in [-0.05, 0) is 49.6 Å². The van der Waals surface area contributed by atoms with Crippen LogP contribution in [0.4, 0.5) is 4.39 Å².